The maximum atomic E-state index is 11.9. The number of benzene rings is 2. The first-order valence-corrected chi connectivity index (χ1v) is 6.21. The Morgan fingerprint density at radius 1 is 1.10 bits per heavy atom. The van der Waals surface area contributed by atoms with E-state index in [-0.39, 0.29) is 6.61 Å². The van der Waals surface area contributed by atoms with Crippen LogP contribution in [0.5, 0.6) is 0 Å². The highest BCUT2D eigenvalue weighted by molar-refractivity contribution is 6.02. The predicted molar refractivity (Wildman–Crippen MR) is 76.2 cm³/mol. The minimum Gasteiger partial charge on any atom is -0.455 e. The Balaban J connectivity index is 2.03. The summed E-state index contributed by atoms with van der Waals surface area (Å²) >= 11 is 0. The third-order valence-electron chi connectivity index (χ3n) is 2.82. The van der Waals surface area contributed by atoms with Gasteiger partial charge < -0.3 is 9.94 Å². The fourth-order valence-electron chi connectivity index (χ4n) is 1.79. The second-order valence-corrected chi connectivity index (χ2v) is 4.36. The van der Waals surface area contributed by atoms with Crippen molar-refractivity contribution >= 4 is 11.7 Å². The van der Waals surface area contributed by atoms with Crippen LogP contribution in [0, 0.1) is 6.92 Å². The zero-order valence-corrected chi connectivity index (χ0v) is 11.1. The van der Waals surface area contributed by atoms with Gasteiger partial charge in [-0.1, -0.05) is 53.2 Å². The van der Waals surface area contributed by atoms with E-state index in [1.165, 1.54) is 0 Å². The number of nitrogens with zero attached hydrogens (tertiary/aromatic N) is 1. The van der Waals surface area contributed by atoms with Crippen molar-refractivity contribution in [1.29, 1.82) is 0 Å². The first kappa shape index (κ1) is 13.8. The molecule has 1 N–H and O–H groups in total. The molecule has 0 saturated heterocycles. The Morgan fingerprint density at radius 2 is 1.80 bits per heavy atom. The van der Waals surface area contributed by atoms with Crippen LogP contribution < -0.4 is 0 Å². The van der Waals surface area contributed by atoms with Crippen molar-refractivity contribution < 1.29 is 14.7 Å². The second-order valence-electron chi connectivity index (χ2n) is 4.36. The molecule has 4 heteroatoms. The molecule has 0 saturated carbocycles. The summed E-state index contributed by atoms with van der Waals surface area (Å²) in [6.07, 6.45) is 0. The molecule has 0 unspecified atom stereocenters. The van der Waals surface area contributed by atoms with Crippen LogP contribution >= 0.6 is 0 Å². The Kier molecular flexibility index (Phi) is 4.50. The fraction of sp³-hybridized carbons (Fsp3) is 0.125. The number of esters is 1. The van der Waals surface area contributed by atoms with E-state index in [0.717, 1.165) is 5.56 Å². The normalized spacial score (nSPS) is 11.2. The molecule has 0 aliphatic rings. The number of hydrogen-bond donors (Lipinski definition) is 1. The van der Waals surface area contributed by atoms with Crippen LogP contribution in [0.1, 0.15) is 21.5 Å². The van der Waals surface area contributed by atoms with E-state index in [1.807, 2.05) is 31.2 Å². The number of oxime groups is 1. The van der Waals surface area contributed by atoms with Gasteiger partial charge in [-0.3, -0.25) is 0 Å². The van der Waals surface area contributed by atoms with Gasteiger partial charge in [0.1, 0.15) is 12.3 Å². The molecule has 0 radical (unpaired) electrons. The largest absolute Gasteiger partial charge is 0.455 e. The van der Waals surface area contributed by atoms with Crippen molar-refractivity contribution in [2.75, 3.05) is 6.61 Å². The molecule has 4 nitrogen and oxygen atoms in total. The van der Waals surface area contributed by atoms with E-state index in [4.69, 9.17) is 9.94 Å². The highest BCUT2D eigenvalue weighted by Gasteiger charge is 2.10. The summed E-state index contributed by atoms with van der Waals surface area (Å²) in [5, 5.41) is 12.2. The van der Waals surface area contributed by atoms with Gasteiger partial charge in [0.2, 0.25) is 0 Å². The molecule has 0 aliphatic carbocycles. The van der Waals surface area contributed by atoms with Crippen LogP contribution in [-0.4, -0.2) is 23.5 Å². The van der Waals surface area contributed by atoms with E-state index < -0.39 is 5.97 Å². The fourth-order valence-corrected chi connectivity index (χ4v) is 1.79. The summed E-state index contributed by atoms with van der Waals surface area (Å²) in [7, 11) is 0. The molecule has 0 amide bonds. The SMILES string of the molecule is Cc1cccc(C(=O)OCC(=NO)c2ccccc2)c1. The summed E-state index contributed by atoms with van der Waals surface area (Å²) < 4.78 is 5.16. The molecule has 0 atom stereocenters. The van der Waals surface area contributed by atoms with Gasteiger partial charge in [-0.15, -0.1) is 0 Å². The van der Waals surface area contributed by atoms with Crippen molar-refractivity contribution in [3.8, 4) is 0 Å². The van der Waals surface area contributed by atoms with Crippen molar-refractivity contribution in [3.05, 3.63) is 71.3 Å². The van der Waals surface area contributed by atoms with Gasteiger partial charge in [0.25, 0.3) is 0 Å². The van der Waals surface area contributed by atoms with Gasteiger partial charge in [-0.05, 0) is 19.1 Å². The van der Waals surface area contributed by atoms with Gasteiger partial charge >= 0.3 is 5.97 Å². The van der Waals surface area contributed by atoms with Gasteiger partial charge in [0.15, 0.2) is 0 Å². The Morgan fingerprint density at radius 3 is 2.45 bits per heavy atom. The third kappa shape index (κ3) is 3.45. The molecular formula is C16H15NO3. The van der Waals surface area contributed by atoms with E-state index in [1.54, 1.807) is 30.3 Å². The smallest absolute Gasteiger partial charge is 0.338 e. The predicted octanol–water partition coefficient (Wildman–Crippen LogP) is 3.03. The Hall–Kier alpha value is -2.62. The number of ether oxygens (including phenoxy) is 1. The Bertz CT molecular complexity index is 621. The number of carbonyl (C=O) groups is 1. The van der Waals surface area contributed by atoms with Crippen LogP contribution in [-0.2, 0) is 4.74 Å². The average Bonchev–Trinajstić information content (AvgIpc) is 2.49. The topological polar surface area (TPSA) is 58.9 Å². The van der Waals surface area contributed by atoms with Crippen LogP contribution in [0.4, 0.5) is 0 Å². The van der Waals surface area contributed by atoms with Crippen LogP contribution in [0.25, 0.3) is 0 Å². The van der Waals surface area contributed by atoms with Crippen LogP contribution in [0.3, 0.4) is 0 Å². The lowest BCUT2D eigenvalue weighted by molar-refractivity contribution is 0.0562. The number of aryl methyl sites for hydroxylation is 1. The van der Waals surface area contributed by atoms with Gasteiger partial charge in [-0.2, -0.15) is 0 Å². The molecule has 0 bridgehead atoms. The first-order valence-electron chi connectivity index (χ1n) is 6.21. The highest BCUT2D eigenvalue weighted by Crippen LogP contribution is 2.07. The van der Waals surface area contributed by atoms with Crippen LogP contribution in [0.15, 0.2) is 59.8 Å². The summed E-state index contributed by atoms with van der Waals surface area (Å²) in [6.45, 7) is 1.83. The minimum atomic E-state index is -0.439. The molecular weight excluding hydrogens is 254 g/mol. The van der Waals surface area contributed by atoms with E-state index in [9.17, 15) is 4.79 Å². The first-order chi connectivity index (χ1) is 9.70. The van der Waals surface area contributed by atoms with Crippen molar-refractivity contribution in [2.24, 2.45) is 5.16 Å². The number of rotatable bonds is 4. The summed E-state index contributed by atoms with van der Waals surface area (Å²) in [5.74, 6) is -0.439. The lowest BCUT2D eigenvalue weighted by Gasteiger charge is -2.07. The average molecular weight is 269 g/mol. The minimum absolute atomic E-state index is 0.0761. The molecule has 0 spiro atoms. The molecule has 20 heavy (non-hydrogen) atoms. The molecule has 0 fully saturated rings. The lowest BCUT2D eigenvalue weighted by atomic mass is 10.1. The standard InChI is InChI=1S/C16H15NO3/c1-12-6-5-9-14(10-12)16(18)20-11-15(17-19)13-7-3-2-4-8-13/h2-10,19H,11H2,1H3. The van der Waals surface area contributed by atoms with Gasteiger partial charge in [0, 0.05) is 5.56 Å². The Labute approximate surface area is 117 Å². The molecule has 2 aromatic rings. The van der Waals surface area contributed by atoms with Crippen molar-refractivity contribution in [1.82, 2.24) is 0 Å². The van der Waals surface area contributed by atoms with Gasteiger partial charge in [0.05, 0.1) is 5.56 Å². The third-order valence-corrected chi connectivity index (χ3v) is 2.82. The monoisotopic (exact) mass is 269 g/mol. The molecule has 0 aromatic heterocycles. The zero-order chi connectivity index (χ0) is 14.4. The lowest BCUT2D eigenvalue weighted by Crippen LogP contribution is -2.15. The molecule has 0 heterocycles. The zero-order valence-electron chi connectivity index (χ0n) is 11.1. The summed E-state index contributed by atoms with van der Waals surface area (Å²) in [5.41, 5.74) is 2.49. The molecule has 2 rings (SSSR count). The van der Waals surface area contributed by atoms with Crippen LogP contribution in [0.2, 0.25) is 0 Å². The molecule has 102 valence electrons. The number of hydrogen-bond acceptors (Lipinski definition) is 4. The van der Waals surface area contributed by atoms with Crippen molar-refractivity contribution in [2.45, 2.75) is 6.92 Å². The maximum absolute atomic E-state index is 11.9. The van der Waals surface area contributed by atoms with E-state index in [2.05, 4.69) is 5.16 Å². The summed E-state index contributed by atoms with van der Waals surface area (Å²) in [6, 6.07) is 16.2. The number of carbonyl (C=O) groups excluding carboxylic acids is 1. The quantitative estimate of drug-likeness (QED) is 0.401. The van der Waals surface area contributed by atoms with E-state index in [0.29, 0.717) is 16.8 Å². The van der Waals surface area contributed by atoms with E-state index >= 15 is 0 Å². The highest BCUT2D eigenvalue weighted by atomic mass is 16.5. The molecule has 0 aliphatic heterocycles. The summed E-state index contributed by atoms with van der Waals surface area (Å²) in [4.78, 5) is 11.9. The van der Waals surface area contributed by atoms with Crippen molar-refractivity contribution in [3.63, 3.8) is 0 Å². The second kappa shape index (κ2) is 6.52. The molecule has 2 aromatic carbocycles. The van der Waals surface area contributed by atoms with Gasteiger partial charge in [-0.25, -0.2) is 4.79 Å². The maximum Gasteiger partial charge on any atom is 0.338 e.